The fourth-order valence-corrected chi connectivity index (χ4v) is 0.566. The molecule has 0 amide bonds. The average Bonchev–Trinajstić information content (AvgIpc) is 2.30. The van der Waals surface area contributed by atoms with E-state index in [1.165, 1.54) is 0 Å². The molecule has 0 saturated heterocycles. The zero-order valence-electron chi connectivity index (χ0n) is 5.97. The molecular formula is C6H4F3NO2. The van der Waals surface area contributed by atoms with Gasteiger partial charge in [0.1, 0.15) is 6.26 Å². The number of carbonyl (C=O) groups excluding carboxylic acids is 1. The van der Waals surface area contributed by atoms with Crippen LogP contribution in [-0.4, -0.2) is 10.8 Å². The molecule has 0 aliphatic carbocycles. The van der Waals surface area contributed by atoms with Gasteiger partial charge in [-0.15, -0.1) is 0 Å². The zero-order valence-corrected chi connectivity index (χ0v) is 5.97. The molecule has 0 aromatic carbocycles. The fourth-order valence-electron chi connectivity index (χ4n) is 0.566. The third-order valence-corrected chi connectivity index (χ3v) is 1.10. The van der Waals surface area contributed by atoms with Crippen molar-refractivity contribution in [1.29, 1.82) is 0 Å². The normalized spacial score (nSPS) is 11.7. The predicted molar refractivity (Wildman–Crippen MR) is 31.5 cm³/mol. The van der Waals surface area contributed by atoms with Crippen LogP contribution in [0.2, 0.25) is 0 Å². The summed E-state index contributed by atoms with van der Waals surface area (Å²) in [4.78, 5) is 13.4. The molecule has 1 aromatic rings. The highest BCUT2D eigenvalue weighted by atomic mass is 19.4. The van der Waals surface area contributed by atoms with Crippen molar-refractivity contribution >= 4 is 5.78 Å². The first-order valence-electron chi connectivity index (χ1n) is 2.95. The first-order chi connectivity index (χ1) is 5.41. The number of rotatable bonds is 1. The summed E-state index contributed by atoms with van der Waals surface area (Å²) >= 11 is 0. The van der Waals surface area contributed by atoms with E-state index < -0.39 is 23.5 Å². The minimum absolute atomic E-state index is 0.413. The minimum Gasteiger partial charge on any atom is -0.442 e. The smallest absolute Gasteiger partial charge is 0.436 e. The molecule has 0 spiro atoms. The Hall–Kier alpha value is -1.33. The molecule has 1 rings (SSSR count). The highest BCUT2D eigenvalue weighted by molar-refractivity contribution is 5.89. The summed E-state index contributed by atoms with van der Waals surface area (Å²) < 4.78 is 39.8. The van der Waals surface area contributed by atoms with E-state index >= 15 is 0 Å². The van der Waals surface area contributed by atoms with Crippen LogP contribution >= 0.6 is 0 Å². The SMILES string of the molecule is CC(=O)c1nc(C(F)(F)F)co1. The van der Waals surface area contributed by atoms with E-state index in [2.05, 4.69) is 9.40 Å². The van der Waals surface area contributed by atoms with Gasteiger partial charge in [-0.25, -0.2) is 4.98 Å². The number of ketones is 1. The molecule has 0 unspecified atom stereocenters. The second-order valence-corrected chi connectivity index (χ2v) is 2.09. The van der Waals surface area contributed by atoms with Crippen molar-refractivity contribution in [3.05, 3.63) is 17.8 Å². The molecule has 1 heterocycles. The average molecular weight is 179 g/mol. The molecule has 0 saturated carbocycles. The Bertz CT molecular complexity index is 302. The van der Waals surface area contributed by atoms with E-state index in [1.54, 1.807) is 0 Å². The first kappa shape index (κ1) is 8.76. The molecule has 0 N–H and O–H groups in total. The fraction of sp³-hybridized carbons (Fsp3) is 0.333. The molecule has 0 radical (unpaired) electrons. The van der Waals surface area contributed by atoms with Crippen LogP contribution in [0, 0.1) is 0 Å². The predicted octanol–water partition coefficient (Wildman–Crippen LogP) is 1.90. The van der Waals surface area contributed by atoms with Crippen molar-refractivity contribution in [3.8, 4) is 0 Å². The van der Waals surface area contributed by atoms with Gasteiger partial charge in [-0.3, -0.25) is 4.79 Å². The van der Waals surface area contributed by atoms with Crippen LogP contribution in [0.3, 0.4) is 0 Å². The Morgan fingerprint density at radius 2 is 2.17 bits per heavy atom. The largest absolute Gasteiger partial charge is 0.442 e. The molecule has 12 heavy (non-hydrogen) atoms. The van der Waals surface area contributed by atoms with Gasteiger partial charge in [-0.05, 0) is 0 Å². The van der Waals surface area contributed by atoms with Crippen LogP contribution in [0.1, 0.15) is 23.3 Å². The molecule has 0 aliphatic rings. The van der Waals surface area contributed by atoms with Gasteiger partial charge in [0.15, 0.2) is 5.69 Å². The van der Waals surface area contributed by atoms with Crippen molar-refractivity contribution in [3.63, 3.8) is 0 Å². The van der Waals surface area contributed by atoms with E-state index in [0.717, 1.165) is 6.92 Å². The third-order valence-electron chi connectivity index (χ3n) is 1.10. The van der Waals surface area contributed by atoms with Crippen molar-refractivity contribution < 1.29 is 22.4 Å². The second kappa shape index (κ2) is 2.62. The maximum Gasteiger partial charge on any atom is 0.436 e. The van der Waals surface area contributed by atoms with Gasteiger partial charge in [0.25, 0.3) is 5.89 Å². The summed E-state index contributed by atoms with van der Waals surface area (Å²) in [7, 11) is 0. The summed E-state index contributed by atoms with van der Waals surface area (Å²) in [6, 6.07) is 0. The number of halogens is 3. The Kier molecular flexibility index (Phi) is 1.91. The highest BCUT2D eigenvalue weighted by Crippen LogP contribution is 2.28. The number of hydrogen-bond donors (Lipinski definition) is 0. The summed E-state index contributed by atoms with van der Waals surface area (Å²) in [5, 5.41) is 0. The Morgan fingerprint density at radius 1 is 1.58 bits per heavy atom. The van der Waals surface area contributed by atoms with Crippen LogP contribution in [0.5, 0.6) is 0 Å². The first-order valence-corrected chi connectivity index (χ1v) is 2.95. The lowest BCUT2D eigenvalue weighted by Gasteiger charge is -1.97. The molecular weight excluding hydrogens is 175 g/mol. The number of carbonyl (C=O) groups is 1. The van der Waals surface area contributed by atoms with E-state index in [-0.39, 0.29) is 0 Å². The standard InChI is InChI=1S/C6H4F3NO2/c1-3(11)5-10-4(2-12-5)6(7,8)9/h2H,1H3. The van der Waals surface area contributed by atoms with Gasteiger partial charge in [-0.2, -0.15) is 13.2 Å². The second-order valence-electron chi connectivity index (χ2n) is 2.09. The maximum absolute atomic E-state index is 11.8. The van der Waals surface area contributed by atoms with Crippen LogP contribution in [0.15, 0.2) is 10.7 Å². The number of nitrogens with zero attached hydrogens (tertiary/aromatic N) is 1. The molecule has 0 fully saturated rings. The van der Waals surface area contributed by atoms with E-state index in [9.17, 15) is 18.0 Å². The van der Waals surface area contributed by atoms with Crippen LogP contribution in [-0.2, 0) is 6.18 Å². The molecule has 0 atom stereocenters. The molecule has 1 aromatic heterocycles. The number of Topliss-reactive ketones (excluding diaryl/α,β-unsaturated/α-hetero) is 1. The molecule has 0 bridgehead atoms. The lowest BCUT2D eigenvalue weighted by Crippen LogP contribution is -2.05. The number of aromatic nitrogens is 1. The lowest BCUT2D eigenvalue weighted by molar-refractivity contribution is -0.141. The van der Waals surface area contributed by atoms with Crippen LogP contribution in [0.25, 0.3) is 0 Å². The molecule has 3 nitrogen and oxygen atoms in total. The molecule has 66 valence electrons. The summed E-state index contributed by atoms with van der Waals surface area (Å²) in [6.07, 6.45) is -4.14. The Labute approximate surface area is 65.2 Å². The van der Waals surface area contributed by atoms with Crippen LogP contribution < -0.4 is 0 Å². The van der Waals surface area contributed by atoms with Gasteiger partial charge >= 0.3 is 6.18 Å². The Morgan fingerprint density at radius 3 is 2.42 bits per heavy atom. The summed E-state index contributed by atoms with van der Waals surface area (Å²) in [5.74, 6) is -1.16. The Balaban J connectivity index is 3.00. The van der Waals surface area contributed by atoms with Crippen molar-refractivity contribution in [2.75, 3.05) is 0 Å². The minimum atomic E-state index is -4.56. The highest BCUT2D eigenvalue weighted by Gasteiger charge is 2.35. The van der Waals surface area contributed by atoms with Gasteiger partial charge in [0.05, 0.1) is 0 Å². The van der Waals surface area contributed by atoms with Gasteiger partial charge in [0, 0.05) is 6.92 Å². The van der Waals surface area contributed by atoms with E-state index in [1.807, 2.05) is 0 Å². The monoisotopic (exact) mass is 179 g/mol. The maximum atomic E-state index is 11.8. The van der Waals surface area contributed by atoms with Crippen molar-refractivity contribution in [2.45, 2.75) is 13.1 Å². The number of alkyl halides is 3. The van der Waals surface area contributed by atoms with E-state index in [4.69, 9.17) is 0 Å². The lowest BCUT2D eigenvalue weighted by atomic mass is 10.4. The zero-order chi connectivity index (χ0) is 9.35. The summed E-state index contributed by atoms with van der Waals surface area (Å²) in [5.41, 5.74) is -1.19. The quantitative estimate of drug-likeness (QED) is 0.618. The van der Waals surface area contributed by atoms with Gasteiger partial charge in [0.2, 0.25) is 5.78 Å². The number of oxazole rings is 1. The third kappa shape index (κ3) is 1.63. The molecule has 0 aliphatic heterocycles. The number of hydrogen-bond acceptors (Lipinski definition) is 3. The van der Waals surface area contributed by atoms with E-state index in [0.29, 0.717) is 6.26 Å². The van der Waals surface area contributed by atoms with Gasteiger partial charge in [-0.1, -0.05) is 0 Å². The van der Waals surface area contributed by atoms with Crippen LogP contribution in [0.4, 0.5) is 13.2 Å². The van der Waals surface area contributed by atoms with Crippen molar-refractivity contribution in [2.24, 2.45) is 0 Å². The topological polar surface area (TPSA) is 43.1 Å². The van der Waals surface area contributed by atoms with Crippen molar-refractivity contribution in [1.82, 2.24) is 4.98 Å². The summed E-state index contributed by atoms with van der Waals surface area (Å²) in [6.45, 7) is 1.08. The van der Waals surface area contributed by atoms with Gasteiger partial charge < -0.3 is 4.42 Å². The molecule has 6 heteroatoms.